The Hall–Kier alpha value is -0.300. The average molecular weight is 287 g/mol. The van der Waals surface area contributed by atoms with Crippen molar-refractivity contribution in [2.24, 2.45) is 0 Å². The first-order valence-corrected chi connectivity index (χ1v) is 8.80. The molecule has 18 heavy (non-hydrogen) atoms. The monoisotopic (exact) mass is 286 g/mol. The van der Waals surface area contributed by atoms with Gasteiger partial charge in [-0.15, -0.1) is 0 Å². The molecule has 0 amide bonds. The molecule has 0 radical (unpaired) electrons. The molecular formula is C14H20ClO2P. The molecule has 2 nitrogen and oxygen atoms in total. The first-order valence-electron chi connectivity index (χ1n) is 6.69. The van der Waals surface area contributed by atoms with Crippen molar-refractivity contribution in [3.63, 3.8) is 0 Å². The van der Waals surface area contributed by atoms with E-state index in [1.54, 1.807) is 24.3 Å². The van der Waals surface area contributed by atoms with Crippen molar-refractivity contribution in [3.05, 3.63) is 29.3 Å². The standard InChI is InChI=1S/C14H20ClO2P/c15-12-8-10-14(11-9-12)18(16,17)13-6-4-2-1-3-5-7-13/h8-11,13H,1-7H2,(H,16,17). The van der Waals surface area contributed by atoms with Gasteiger partial charge in [-0.05, 0) is 37.1 Å². The molecule has 100 valence electrons. The maximum Gasteiger partial charge on any atom is 0.232 e. The molecule has 0 saturated heterocycles. The summed E-state index contributed by atoms with van der Waals surface area (Å²) in [4.78, 5) is 10.4. The molecule has 0 aromatic heterocycles. The van der Waals surface area contributed by atoms with Crippen LogP contribution in [-0.2, 0) is 4.57 Å². The van der Waals surface area contributed by atoms with Crippen molar-refractivity contribution in [1.82, 2.24) is 0 Å². The van der Waals surface area contributed by atoms with Crippen LogP contribution in [0, 0.1) is 0 Å². The Bertz CT molecular complexity index is 422. The number of benzene rings is 1. The van der Waals surface area contributed by atoms with Crippen LogP contribution in [0.1, 0.15) is 44.9 Å². The van der Waals surface area contributed by atoms with Gasteiger partial charge in [-0.1, -0.05) is 43.7 Å². The van der Waals surface area contributed by atoms with Gasteiger partial charge in [0.1, 0.15) is 0 Å². The number of hydrogen-bond donors (Lipinski definition) is 1. The van der Waals surface area contributed by atoms with Gasteiger partial charge < -0.3 is 4.89 Å². The molecule has 0 heterocycles. The van der Waals surface area contributed by atoms with E-state index in [9.17, 15) is 9.46 Å². The van der Waals surface area contributed by atoms with Crippen molar-refractivity contribution in [1.29, 1.82) is 0 Å². The van der Waals surface area contributed by atoms with Crippen LogP contribution in [0.2, 0.25) is 5.02 Å². The summed E-state index contributed by atoms with van der Waals surface area (Å²) in [5.41, 5.74) is -0.0704. The molecule has 0 spiro atoms. The highest BCUT2D eigenvalue weighted by Gasteiger charge is 2.32. The van der Waals surface area contributed by atoms with Crippen LogP contribution < -0.4 is 5.30 Å². The van der Waals surface area contributed by atoms with E-state index < -0.39 is 7.37 Å². The van der Waals surface area contributed by atoms with Gasteiger partial charge in [-0.2, -0.15) is 0 Å². The number of rotatable bonds is 2. The third kappa shape index (κ3) is 3.38. The van der Waals surface area contributed by atoms with Crippen molar-refractivity contribution >= 4 is 24.3 Å². The minimum atomic E-state index is -3.25. The van der Waals surface area contributed by atoms with Crippen molar-refractivity contribution in [2.75, 3.05) is 0 Å². The van der Waals surface area contributed by atoms with Crippen molar-refractivity contribution in [3.8, 4) is 0 Å². The summed E-state index contributed by atoms with van der Waals surface area (Å²) in [5.74, 6) is 0. The van der Waals surface area contributed by atoms with E-state index in [1.807, 2.05) is 0 Å². The fraction of sp³-hybridized carbons (Fsp3) is 0.571. The van der Waals surface area contributed by atoms with Crippen LogP contribution in [0.5, 0.6) is 0 Å². The van der Waals surface area contributed by atoms with Crippen LogP contribution in [0.4, 0.5) is 0 Å². The predicted octanol–water partition coefficient (Wildman–Crippen LogP) is 4.35. The summed E-state index contributed by atoms with van der Waals surface area (Å²) in [6.07, 6.45) is 7.54. The molecule has 0 aliphatic heterocycles. The highest BCUT2D eigenvalue weighted by Crippen LogP contribution is 2.50. The highest BCUT2D eigenvalue weighted by molar-refractivity contribution is 7.66. The van der Waals surface area contributed by atoms with Crippen LogP contribution in [-0.4, -0.2) is 10.6 Å². The van der Waals surface area contributed by atoms with E-state index >= 15 is 0 Å². The first kappa shape index (κ1) is 14.1. The fourth-order valence-corrected chi connectivity index (χ4v) is 4.84. The lowest BCUT2D eigenvalue weighted by atomic mass is 10.0. The zero-order valence-electron chi connectivity index (χ0n) is 10.5. The maximum atomic E-state index is 12.7. The van der Waals surface area contributed by atoms with Crippen LogP contribution >= 0.6 is 19.0 Å². The second-order valence-corrected chi connectivity index (χ2v) is 8.03. The van der Waals surface area contributed by atoms with E-state index in [-0.39, 0.29) is 5.66 Å². The van der Waals surface area contributed by atoms with Gasteiger partial charge in [0.2, 0.25) is 7.37 Å². The molecular weight excluding hydrogens is 267 g/mol. The summed E-state index contributed by atoms with van der Waals surface area (Å²) in [7, 11) is -3.25. The second-order valence-electron chi connectivity index (χ2n) is 5.10. The fourth-order valence-electron chi connectivity index (χ4n) is 2.65. The van der Waals surface area contributed by atoms with E-state index in [0.717, 1.165) is 25.7 Å². The van der Waals surface area contributed by atoms with Gasteiger partial charge in [0, 0.05) is 16.0 Å². The molecule has 1 aliphatic carbocycles. The minimum absolute atomic E-state index is 0.0704. The Kier molecular flexibility index (Phi) is 4.89. The Morgan fingerprint density at radius 1 is 1.00 bits per heavy atom. The van der Waals surface area contributed by atoms with Gasteiger partial charge in [0.15, 0.2) is 0 Å². The lowest BCUT2D eigenvalue weighted by Crippen LogP contribution is -2.18. The average Bonchev–Trinajstić information content (AvgIpc) is 2.28. The highest BCUT2D eigenvalue weighted by atomic mass is 35.5. The Morgan fingerprint density at radius 2 is 1.50 bits per heavy atom. The summed E-state index contributed by atoms with van der Waals surface area (Å²) in [6.45, 7) is 0. The number of halogens is 1. The van der Waals surface area contributed by atoms with Crippen molar-refractivity contribution < 1.29 is 9.46 Å². The van der Waals surface area contributed by atoms with E-state index in [4.69, 9.17) is 11.6 Å². The quantitative estimate of drug-likeness (QED) is 0.821. The summed E-state index contributed by atoms with van der Waals surface area (Å²) in [6, 6.07) is 6.79. The van der Waals surface area contributed by atoms with E-state index in [2.05, 4.69) is 0 Å². The first-order chi connectivity index (χ1) is 8.60. The van der Waals surface area contributed by atoms with Gasteiger partial charge >= 0.3 is 0 Å². The molecule has 4 heteroatoms. The summed E-state index contributed by atoms with van der Waals surface area (Å²) in [5, 5.41) is 1.16. The molecule has 1 aliphatic rings. The number of hydrogen-bond acceptors (Lipinski definition) is 1. The van der Waals surface area contributed by atoms with Crippen LogP contribution in [0.25, 0.3) is 0 Å². The normalized spacial score (nSPS) is 21.9. The second kappa shape index (κ2) is 6.23. The molecule has 1 N–H and O–H groups in total. The molecule has 1 fully saturated rings. The van der Waals surface area contributed by atoms with E-state index in [1.165, 1.54) is 19.3 Å². The van der Waals surface area contributed by atoms with E-state index in [0.29, 0.717) is 10.3 Å². The Labute approximate surface area is 114 Å². The van der Waals surface area contributed by atoms with Crippen molar-refractivity contribution in [2.45, 2.75) is 50.6 Å². The Balaban J connectivity index is 2.17. The molecule has 1 aromatic carbocycles. The molecule has 1 saturated carbocycles. The molecule has 1 unspecified atom stereocenters. The molecule has 1 atom stereocenters. The lowest BCUT2D eigenvalue weighted by Gasteiger charge is -2.25. The minimum Gasteiger partial charge on any atom is -0.341 e. The Morgan fingerprint density at radius 3 is 2.06 bits per heavy atom. The lowest BCUT2D eigenvalue weighted by molar-refractivity contribution is 0.437. The third-order valence-corrected chi connectivity index (χ3v) is 6.56. The van der Waals surface area contributed by atoms with Gasteiger partial charge in [0.05, 0.1) is 0 Å². The maximum absolute atomic E-state index is 12.7. The smallest absolute Gasteiger partial charge is 0.232 e. The van der Waals surface area contributed by atoms with Crippen LogP contribution in [0.15, 0.2) is 24.3 Å². The third-order valence-electron chi connectivity index (χ3n) is 3.77. The summed E-state index contributed by atoms with van der Waals surface area (Å²) < 4.78 is 12.7. The molecule has 2 rings (SSSR count). The molecule has 1 aromatic rings. The zero-order valence-corrected chi connectivity index (χ0v) is 12.2. The topological polar surface area (TPSA) is 37.3 Å². The SMILES string of the molecule is O=P(O)(c1ccc(Cl)cc1)C1CCCCCCC1. The molecule has 0 bridgehead atoms. The summed E-state index contributed by atoms with van der Waals surface area (Å²) >= 11 is 5.82. The predicted molar refractivity (Wildman–Crippen MR) is 77.0 cm³/mol. The van der Waals surface area contributed by atoms with Crippen LogP contribution in [0.3, 0.4) is 0 Å². The van der Waals surface area contributed by atoms with Gasteiger partial charge in [-0.25, -0.2) is 0 Å². The van der Waals surface area contributed by atoms with Gasteiger partial charge in [0.25, 0.3) is 0 Å². The zero-order chi connectivity index (χ0) is 13.0. The largest absolute Gasteiger partial charge is 0.341 e. The van der Waals surface area contributed by atoms with Gasteiger partial charge in [-0.3, -0.25) is 4.57 Å².